The highest BCUT2D eigenvalue weighted by atomic mass is 16.6. The number of aliphatic hydroxyl groups is 2. The van der Waals surface area contributed by atoms with Gasteiger partial charge in [-0.05, 0) is 25.7 Å². The quantitative estimate of drug-likeness (QED) is 0.695. The molecule has 2 saturated heterocycles. The van der Waals surface area contributed by atoms with Crippen LogP contribution in [0.4, 0.5) is 0 Å². The van der Waals surface area contributed by atoms with Crippen molar-refractivity contribution in [3.63, 3.8) is 0 Å². The normalized spacial score (nSPS) is 37.8. The first-order chi connectivity index (χ1) is 8.31. The predicted octanol–water partition coefficient (Wildman–Crippen LogP) is 0.0828. The summed E-state index contributed by atoms with van der Waals surface area (Å²) < 4.78 is 16.7. The SMILES string of the molecule is OC[C@@H]1CC[C@H](COC[C@@H]2CC[C@H](CO)O2)O1. The van der Waals surface area contributed by atoms with Gasteiger partial charge in [-0.3, -0.25) is 0 Å². The van der Waals surface area contributed by atoms with Gasteiger partial charge < -0.3 is 24.4 Å². The molecule has 0 aromatic heterocycles. The van der Waals surface area contributed by atoms with Crippen molar-refractivity contribution < 1.29 is 24.4 Å². The zero-order valence-electron chi connectivity index (χ0n) is 10.1. The average Bonchev–Trinajstić information content (AvgIpc) is 2.97. The Morgan fingerprint density at radius 3 is 1.53 bits per heavy atom. The molecule has 4 atom stereocenters. The number of hydrogen-bond acceptors (Lipinski definition) is 5. The van der Waals surface area contributed by atoms with Crippen molar-refractivity contribution in [2.75, 3.05) is 26.4 Å². The average molecular weight is 246 g/mol. The van der Waals surface area contributed by atoms with E-state index in [-0.39, 0.29) is 37.6 Å². The summed E-state index contributed by atoms with van der Waals surface area (Å²) in [5.41, 5.74) is 0. The van der Waals surface area contributed by atoms with E-state index in [1.807, 2.05) is 0 Å². The number of aliphatic hydroxyl groups excluding tert-OH is 2. The molecule has 100 valence electrons. The van der Waals surface area contributed by atoms with Crippen LogP contribution in [-0.2, 0) is 14.2 Å². The lowest BCUT2D eigenvalue weighted by Crippen LogP contribution is -2.23. The third kappa shape index (κ3) is 3.89. The Morgan fingerprint density at radius 2 is 1.18 bits per heavy atom. The molecule has 0 aromatic rings. The molecule has 2 aliphatic rings. The van der Waals surface area contributed by atoms with E-state index in [4.69, 9.17) is 24.4 Å². The summed E-state index contributed by atoms with van der Waals surface area (Å²) in [5.74, 6) is 0. The topological polar surface area (TPSA) is 68.2 Å². The van der Waals surface area contributed by atoms with E-state index in [2.05, 4.69) is 0 Å². The van der Waals surface area contributed by atoms with Gasteiger partial charge in [-0.15, -0.1) is 0 Å². The van der Waals surface area contributed by atoms with Gasteiger partial charge in [0.2, 0.25) is 0 Å². The molecule has 17 heavy (non-hydrogen) atoms. The second-order valence-electron chi connectivity index (χ2n) is 4.82. The van der Waals surface area contributed by atoms with Crippen molar-refractivity contribution in [3.8, 4) is 0 Å². The molecule has 2 aliphatic heterocycles. The molecule has 0 aromatic carbocycles. The molecule has 0 amide bonds. The van der Waals surface area contributed by atoms with E-state index in [1.54, 1.807) is 0 Å². The molecule has 5 heteroatoms. The maximum Gasteiger partial charge on any atom is 0.0814 e. The van der Waals surface area contributed by atoms with Crippen LogP contribution in [-0.4, -0.2) is 61.1 Å². The largest absolute Gasteiger partial charge is 0.394 e. The van der Waals surface area contributed by atoms with Gasteiger partial charge in [-0.25, -0.2) is 0 Å². The van der Waals surface area contributed by atoms with Crippen molar-refractivity contribution in [2.24, 2.45) is 0 Å². The van der Waals surface area contributed by atoms with Gasteiger partial charge in [-0.1, -0.05) is 0 Å². The van der Waals surface area contributed by atoms with Crippen LogP contribution in [0.2, 0.25) is 0 Å². The van der Waals surface area contributed by atoms with Crippen LogP contribution in [0.25, 0.3) is 0 Å². The van der Waals surface area contributed by atoms with E-state index in [1.165, 1.54) is 0 Å². The molecule has 0 bridgehead atoms. The Bertz CT molecular complexity index is 201. The second kappa shape index (κ2) is 6.66. The summed E-state index contributed by atoms with van der Waals surface area (Å²) >= 11 is 0. The molecule has 2 heterocycles. The van der Waals surface area contributed by atoms with Gasteiger partial charge in [0, 0.05) is 0 Å². The third-order valence-corrected chi connectivity index (χ3v) is 3.41. The Labute approximate surface area is 102 Å². The van der Waals surface area contributed by atoms with Gasteiger partial charge in [0.25, 0.3) is 0 Å². The summed E-state index contributed by atoms with van der Waals surface area (Å²) in [6.07, 6.45) is 3.94. The van der Waals surface area contributed by atoms with Crippen molar-refractivity contribution >= 4 is 0 Å². The van der Waals surface area contributed by atoms with Crippen molar-refractivity contribution in [2.45, 2.75) is 50.1 Å². The Kier molecular flexibility index (Phi) is 5.18. The lowest BCUT2D eigenvalue weighted by molar-refractivity contribution is -0.0647. The van der Waals surface area contributed by atoms with Gasteiger partial charge in [0.1, 0.15) is 0 Å². The summed E-state index contributed by atoms with van der Waals surface area (Å²) in [7, 11) is 0. The summed E-state index contributed by atoms with van der Waals surface area (Å²) in [6, 6.07) is 0. The van der Waals surface area contributed by atoms with E-state index >= 15 is 0 Å². The first-order valence-electron chi connectivity index (χ1n) is 6.42. The Hall–Kier alpha value is -0.200. The van der Waals surface area contributed by atoms with Crippen molar-refractivity contribution in [1.82, 2.24) is 0 Å². The fourth-order valence-electron chi connectivity index (χ4n) is 2.40. The molecule has 5 nitrogen and oxygen atoms in total. The number of hydrogen-bond donors (Lipinski definition) is 2. The van der Waals surface area contributed by atoms with Crippen LogP contribution in [0.15, 0.2) is 0 Å². The molecule has 0 radical (unpaired) electrons. The highest BCUT2D eigenvalue weighted by molar-refractivity contribution is 4.75. The second-order valence-corrected chi connectivity index (χ2v) is 4.82. The standard InChI is InChI=1S/C12H22O5/c13-5-9-1-3-11(16-9)7-15-8-12-4-2-10(6-14)17-12/h9-14H,1-8H2/t9-,10+,11+,12-. The Balaban J connectivity index is 1.55. The van der Waals surface area contributed by atoms with Crippen molar-refractivity contribution in [1.29, 1.82) is 0 Å². The minimum absolute atomic E-state index is 0.00917. The van der Waals surface area contributed by atoms with Crippen LogP contribution >= 0.6 is 0 Å². The van der Waals surface area contributed by atoms with E-state index in [0.717, 1.165) is 25.7 Å². The molecule has 2 N–H and O–H groups in total. The van der Waals surface area contributed by atoms with Gasteiger partial charge in [0.15, 0.2) is 0 Å². The zero-order chi connectivity index (χ0) is 12.1. The highest BCUT2D eigenvalue weighted by Gasteiger charge is 2.27. The van der Waals surface area contributed by atoms with Gasteiger partial charge in [0.05, 0.1) is 50.8 Å². The van der Waals surface area contributed by atoms with Crippen LogP contribution in [0, 0.1) is 0 Å². The molecule has 0 saturated carbocycles. The fourth-order valence-corrected chi connectivity index (χ4v) is 2.40. The lowest BCUT2D eigenvalue weighted by atomic mass is 10.2. The van der Waals surface area contributed by atoms with Crippen molar-refractivity contribution in [3.05, 3.63) is 0 Å². The first kappa shape index (κ1) is 13.2. The minimum atomic E-state index is -0.00917. The summed E-state index contributed by atoms with van der Waals surface area (Å²) in [5, 5.41) is 17.9. The predicted molar refractivity (Wildman–Crippen MR) is 60.8 cm³/mol. The Morgan fingerprint density at radius 1 is 0.765 bits per heavy atom. The number of ether oxygens (including phenoxy) is 3. The summed E-state index contributed by atoms with van der Waals surface area (Å²) in [6.45, 7) is 1.33. The van der Waals surface area contributed by atoms with E-state index in [0.29, 0.717) is 13.2 Å². The van der Waals surface area contributed by atoms with E-state index < -0.39 is 0 Å². The monoisotopic (exact) mass is 246 g/mol. The van der Waals surface area contributed by atoms with Crippen LogP contribution in [0.3, 0.4) is 0 Å². The number of rotatable bonds is 6. The van der Waals surface area contributed by atoms with E-state index in [9.17, 15) is 0 Å². The summed E-state index contributed by atoms with van der Waals surface area (Å²) in [4.78, 5) is 0. The van der Waals surface area contributed by atoms with Crippen LogP contribution < -0.4 is 0 Å². The maximum atomic E-state index is 8.93. The zero-order valence-corrected chi connectivity index (χ0v) is 10.1. The van der Waals surface area contributed by atoms with Gasteiger partial charge >= 0.3 is 0 Å². The van der Waals surface area contributed by atoms with Crippen LogP contribution in [0.1, 0.15) is 25.7 Å². The molecule has 2 fully saturated rings. The van der Waals surface area contributed by atoms with Crippen LogP contribution in [0.5, 0.6) is 0 Å². The first-order valence-corrected chi connectivity index (χ1v) is 6.42. The third-order valence-electron chi connectivity index (χ3n) is 3.41. The maximum absolute atomic E-state index is 8.93. The smallest absolute Gasteiger partial charge is 0.0814 e. The lowest BCUT2D eigenvalue weighted by Gasteiger charge is -2.15. The highest BCUT2D eigenvalue weighted by Crippen LogP contribution is 2.21. The molecule has 0 aliphatic carbocycles. The fraction of sp³-hybridized carbons (Fsp3) is 1.00. The molecular weight excluding hydrogens is 224 g/mol. The molecule has 0 spiro atoms. The molecule has 0 unspecified atom stereocenters. The van der Waals surface area contributed by atoms with Gasteiger partial charge in [-0.2, -0.15) is 0 Å². The molecule has 2 rings (SSSR count). The molecular formula is C12H22O5. The minimum Gasteiger partial charge on any atom is -0.394 e.